The van der Waals surface area contributed by atoms with E-state index in [0.29, 0.717) is 11.6 Å². The summed E-state index contributed by atoms with van der Waals surface area (Å²) in [5, 5.41) is 6.08. The summed E-state index contributed by atoms with van der Waals surface area (Å²) in [5.74, 6) is 1.56. The van der Waals surface area contributed by atoms with Crippen molar-refractivity contribution in [3.8, 4) is 0 Å². The third kappa shape index (κ3) is 3.94. The Morgan fingerprint density at radius 1 is 1.26 bits per heavy atom. The fourth-order valence-corrected chi connectivity index (χ4v) is 2.58. The highest BCUT2D eigenvalue weighted by molar-refractivity contribution is 5.94. The molecule has 19 heavy (non-hydrogen) atoms. The SMILES string of the molecule is CNc1ccc(C(=O)NC2CCCC(C)CC2)cn1. The Labute approximate surface area is 115 Å². The van der Waals surface area contributed by atoms with Crippen molar-refractivity contribution in [3.05, 3.63) is 23.9 Å². The maximum atomic E-state index is 12.1. The van der Waals surface area contributed by atoms with E-state index < -0.39 is 0 Å². The van der Waals surface area contributed by atoms with Gasteiger partial charge in [-0.15, -0.1) is 0 Å². The Morgan fingerprint density at radius 3 is 2.79 bits per heavy atom. The predicted octanol–water partition coefficient (Wildman–Crippen LogP) is 2.82. The number of carbonyl (C=O) groups excluding carboxylic acids is 1. The molecule has 1 aliphatic rings. The van der Waals surface area contributed by atoms with Crippen molar-refractivity contribution in [2.24, 2.45) is 5.92 Å². The molecule has 1 amide bonds. The largest absolute Gasteiger partial charge is 0.373 e. The standard InChI is InChI=1S/C15H23N3O/c1-11-4-3-5-13(8-6-11)18-15(19)12-7-9-14(16-2)17-10-12/h7,9-11,13H,3-6,8H2,1-2H3,(H,16,17)(H,18,19). The average molecular weight is 261 g/mol. The second-order valence-corrected chi connectivity index (χ2v) is 5.47. The van der Waals surface area contributed by atoms with Crippen molar-refractivity contribution in [2.45, 2.75) is 45.1 Å². The summed E-state index contributed by atoms with van der Waals surface area (Å²) >= 11 is 0. The smallest absolute Gasteiger partial charge is 0.253 e. The molecule has 2 N–H and O–H groups in total. The maximum absolute atomic E-state index is 12.1. The third-order valence-corrected chi connectivity index (χ3v) is 3.87. The Morgan fingerprint density at radius 2 is 2.11 bits per heavy atom. The second-order valence-electron chi connectivity index (χ2n) is 5.47. The zero-order valence-electron chi connectivity index (χ0n) is 11.8. The number of nitrogens with zero attached hydrogens (tertiary/aromatic N) is 1. The molecule has 2 rings (SSSR count). The van der Waals surface area contributed by atoms with Crippen LogP contribution < -0.4 is 10.6 Å². The van der Waals surface area contributed by atoms with Gasteiger partial charge in [-0.2, -0.15) is 0 Å². The van der Waals surface area contributed by atoms with Crippen LogP contribution >= 0.6 is 0 Å². The number of rotatable bonds is 3. The lowest BCUT2D eigenvalue weighted by atomic mass is 10.0. The molecule has 1 aromatic heterocycles. The monoisotopic (exact) mass is 261 g/mol. The van der Waals surface area contributed by atoms with E-state index in [0.717, 1.165) is 24.6 Å². The molecule has 0 spiro atoms. The number of pyridine rings is 1. The summed E-state index contributed by atoms with van der Waals surface area (Å²) in [5.41, 5.74) is 0.635. The summed E-state index contributed by atoms with van der Waals surface area (Å²) in [6.45, 7) is 2.30. The molecular formula is C15H23N3O. The van der Waals surface area contributed by atoms with Gasteiger partial charge in [0.15, 0.2) is 0 Å². The second kappa shape index (κ2) is 6.55. The molecule has 1 saturated carbocycles. The fraction of sp³-hybridized carbons (Fsp3) is 0.600. The first-order valence-electron chi connectivity index (χ1n) is 7.13. The van der Waals surface area contributed by atoms with Crippen LogP contribution in [-0.4, -0.2) is 24.0 Å². The first-order valence-corrected chi connectivity index (χ1v) is 7.13. The van der Waals surface area contributed by atoms with Crippen molar-refractivity contribution < 1.29 is 4.79 Å². The zero-order valence-corrected chi connectivity index (χ0v) is 11.8. The molecule has 2 unspecified atom stereocenters. The molecule has 1 aliphatic carbocycles. The lowest BCUT2D eigenvalue weighted by Gasteiger charge is -2.16. The van der Waals surface area contributed by atoms with Gasteiger partial charge in [0, 0.05) is 19.3 Å². The maximum Gasteiger partial charge on any atom is 0.253 e. The summed E-state index contributed by atoms with van der Waals surface area (Å²) in [6, 6.07) is 3.96. The van der Waals surface area contributed by atoms with E-state index >= 15 is 0 Å². The minimum Gasteiger partial charge on any atom is -0.373 e. The van der Waals surface area contributed by atoms with Gasteiger partial charge in [0.1, 0.15) is 5.82 Å². The molecule has 1 fully saturated rings. The van der Waals surface area contributed by atoms with Crippen molar-refractivity contribution in [3.63, 3.8) is 0 Å². The molecule has 104 valence electrons. The van der Waals surface area contributed by atoms with Crippen LogP contribution in [0.4, 0.5) is 5.82 Å². The molecule has 0 aromatic carbocycles. The van der Waals surface area contributed by atoms with Crippen molar-refractivity contribution in [1.29, 1.82) is 0 Å². The van der Waals surface area contributed by atoms with Gasteiger partial charge in [-0.1, -0.05) is 19.8 Å². The van der Waals surface area contributed by atoms with Gasteiger partial charge in [0.2, 0.25) is 0 Å². The van der Waals surface area contributed by atoms with Crippen LogP contribution in [0.15, 0.2) is 18.3 Å². The molecule has 2 atom stereocenters. The first kappa shape index (κ1) is 13.8. The molecule has 0 radical (unpaired) electrons. The quantitative estimate of drug-likeness (QED) is 0.823. The fourth-order valence-electron chi connectivity index (χ4n) is 2.58. The summed E-state index contributed by atoms with van der Waals surface area (Å²) in [4.78, 5) is 16.3. The van der Waals surface area contributed by atoms with Crippen LogP contribution in [0.2, 0.25) is 0 Å². The van der Waals surface area contributed by atoms with E-state index in [1.807, 2.05) is 19.2 Å². The Kier molecular flexibility index (Phi) is 4.77. The Hall–Kier alpha value is -1.58. The van der Waals surface area contributed by atoms with Crippen LogP contribution in [0.3, 0.4) is 0 Å². The summed E-state index contributed by atoms with van der Waals surface area (Å²) in [7, 11) is 1.81. The summed E-state index contributed by atoms with van der Waals surface area (Å²) in [6.07, 6.45) is 7.52. The van der Waals surface area contributed by atoms with Gasteiger partial charge < -0.3 is 10.6 Å². The lowest BCUT2D eigenvalue weighted by Crippen LogP contribution is -2.34. The summed E-state index contributed by atoms with van der Waals surface area (Å²) < 4.78 is 0. The van der Waals surface area contributed by atoms with E-state index in [2.05, 4.69) is 22.5 Å². The van der Waals surface area contributed by atoms with Gasteiger partial charge in [-0.25, -0.2) is 4.98 Å². The van der Waals surface area contributed by atoms with Gasteiger partial charge >= 0.3 is 0 Å². The highest BCUT2D eigenvalue weighted by atomic mass is 16.1. The van der Waals surface area contributed by atoms with Gasteiger partial charge in [0.25, 0.3) is 5.91 Å². The highest BCUT2D eigenvalue weighted by Crippen LogP contribution is 2.22. The van der Waals surface area contributed by atoms with E-state index in [-0.39, 0.29) is 5.91 Å². The number of hydrogen-bond donors (Lipinski definition) is 2. The lowest BCUT2D eigenvalue weighted by molar-refractivity contribution is 0.0933. The predicted molar refractivity (Wildman–Crippen MR) is 77.3 cm³/mol. The number of anilines is 1. The van der Waals surface area contributed by atoms with E-state index in [9.17, 15) is 4.79 Å². The first-order chi connectivity index (χ1) is 9.19. The van der Waals surface area contributed by atoms with Crippen molar-refractivity contribution in [1.82, 2.24) is 10.3 Å². The molecular weight excluding hydrogens is 238 g/mol. The number of aromatic nitrogens is 1. The Bertz CT molecular complexity index is 416. The van der Waals surface area contributed by atoms with E-state index in [4.69, 9.17) is 0 Å². The molecule has 0 bridgehead atoms. The van der Waals surface area contributed by atoms with E-state index in [1.54, 1.807) is 6.20 Å². The molecule has 1 aromatic rings. The number of carbonyl (C=O) groups is 1. The average Bonchev–Trinajstić information content (AvgIpc) is 2.64. The number of amides is 1. The number of hydrogen-bond acceptors (Lipinski definition) is 3. The van der Waals surface area contributed by atoms with Crippen LogP contribution in [0, 0.1) is 5.92 Å². The minimum atomic E-state index is -0.00490. The number of nitrogens with one attached hydrogen (secondary N) is 2. The van der Waals surface area contributed by atoms with E-state index in [1.165, 1.54) is 19.3 Å². The van der Waals surface area contributed by atoms with Gasteiger partial charge in [-0.05, 0) is 37.3 Å². The van der Waals surface area contributed by atoms with Crippen LogP contribution in [0.1, 0.15) is 49.4 Å². The van der Waals surface area contributed by atoms with Crippen molar-refractivity contribution in [2.75, 3.05) is 12.4 Å². The zero-order chi connectivity index (χ0) is 13.7. The van der Waals surface area contributed by atoms with Crippen LogP contribution in [0.25, 0.3) is 0 Å². The highest BCUT2D eigenvalue weighted by Gasteiger charge is 2.18. The molecule has 4 nitrogen and oxygen atoms in total. The van der Waals surface area contributed by atoms with Crippen LogP contribution in [-0.2, 0) is 0 Å². The molecule has 0 aliphatic heterocycles. The minimum absolute atomic E-state index is 0.00490. The van der Waals surface area contributed by atoms with Gasteiger partial charge in [-0.3, -0.25) is 4.79 Å². The third-order valence-electron chi connectivity index (χ3n) is 3.87. The van der Waals surface area contributed by atoms with Gasteiger partial charge in [0.05, 0.1) is 5.56 Å². The topological polar surface area (TPSA) is 54.0 Å². The Balaban J connectivity index is 1.92. The molecule has 4 heteroatoms. The van der Waals surface area contributed by atoms with Crippen LogP contribution in [0.5, 0.6) is 0 Å². The van der Waals surface area contributed by atoms with Crippen molar-refractivity contribution >= 4 is 11.7 Å². The molecule has 1 heterocycles. The molecule has 0 saturated heterocycles. The normalized spacial score (nSPS) is 23.5.